The molecule has 1 amide bonds. The van der Waals surface area contributed by atoms with Crippen LogP contribution in [0.5, 0.6) is 0 Å². The number of amides is 1. The maximum atomic E-state index is 12.1. The maximum absolute atomic E-state index is 12.1. The smallest absolute Gasteiger partial charge is 0.265 e. The average molecular weight is 281 g/mol. The Balaban J connectivity index is 0.00000128. The van der Waals surface area contributed by atoms with Crippen molar-refractivity contribution in [1.82, 2.24) is 10.2 Å². The van der Waals surface area contributed by atoms with Crippen molar-refractivity contribution in [2.45, 2.75) is 13.0 Å². The van der Waals surface area contributed by atoms with Gasteiger partial charge in [-0.15, -0.1) is 23.7 Å². The summed E-state index contributed by atoms with van der Waals surface area (Å²) in [7, 11) is 0. The Morgan fingerprint density at radius 3 is 3.00 bits per heavy atom. The number of halogens is 2. The Kier molecular flexibility index (Phi) is 5.05. The number of hydrogen-bond acceptors (Lipinski definition) is 3. The summed E-state index contributed by atoms with van der Waals surface area (Å²) in [6.07, 6.45) is 0. The van der Waals surface area contributed by atoms with E-state index < -0.39 is 0 Å². The highest BCUT2D eigenvalue weighted by Gasteiger charge is 2.23. The van der Waals surface area contributed by atoms with Crippen molar-refractivity contribution in [1.29, 1.82) is 0 Å². The van der Waals surface area contributed by atoms with Crippen molar-refractivity contribution in [3.05, 3.63) is 21.3 Å². The van der Waals surface area contributed by atoms with Crippen molar-refractivity contribution in [3.63, 3.8) is 0 Å². The Hall–Kier alpha value is -0.290. The van der Waals surface area contributed by atoms with Gasteiger partial charge in [-0.3, -0.25) is 4.79 Å². The van der Waals surface area contributed by atoms with Crippen LogP contribution in [-0.2, 0) is 0 Å². The van der Waals surface area contributed by atoms with E-state index in [1.54, 1.807) is 6.07 Å². The molecule has 1 aliphatic heterocycles. The minimum atomic E-state index is 0. The molecule has 0 aliphatic carbocycles. The fraction of sp³-hybridized carbons (Fsp3) is 0.500. The van der Waals surface area contributed by atoms with Gasteiger partial charge in [-0.1, -0.05) is 11.6 Å². The fourth-order valence-electron chi connectivity index (χ4n) is 1.71. The lowest BCUT2D eigenvalue weighted by Gasteiger charge is -2.31. The van der Waals surface area contributed by atoms with Gasteiger partial charge in [0.1, 0.15) is 4.88 Å². The number of hydrogen-bond donors (Lipinski definition) is 1. The maximum Gasteiger partial charge on any atom is 0.265 e. The number of thiophene rings is 1. The first-order valence-electron chi connectivity index (χ1n) is 4.94. The summed E-state index contributed by atoms with van der Waals surface area (Å²) in [4.78, 5) is 14.6. The summed E-state index contributed by atoms with van der Waals surface area (Å²) in [6.45, 7) is 4.45. The van der Waals surface area contributed by atoms with Crippen molar-refractivity contribution >= 4 is 41.3 Å². The van der Waals surface area contributed by atoms with Gasteiger partial charge in [0.2, 0.25) is 0 Å². The molecule has 1 fully saturated rings. The molecule has 1 saturated heterocycles. The molecule has 6 heteroatoms. The van der Waals surface area contributed by atoms with Gasteiger partial charge in [-0.25, -0.2) is 0 Å². The van der Waals surface area contributed by atoms with Crippen molar-refractivity contribution in [3.8, 4) is 0 Å². The van der Waals surface area contributed by atoms with Crippen LogP contribution in [0.15, 0.2) is 11.4 Å². The number of carbonyl (C=O) groups is 1. The van der Waals surface area contributed by atoms with Crippen LogP contribution in [0.3, 0.4) is 0 Å². The molecule has 90 valence electrons. The van der Waals surface area contributed by atoms with Crippen molar-refractivity contribution in [2.24, 2.45) is 0 Å². The molecule has 2 heterocycles. The monoisotopic (exact) mass is 280 g/mol. The lowest BCUT2D eigenvalue weighted by molar-refractivity contribution is 0.0714. The Morgan fingerprint density at radius 1 is 1.69 bits per heavy atom. The van der Waals surface area contributed by atoms with E-state index in [-0.39, 0.29) is 18.3 Å². The third-order valence-electron chi connectivity index (χ3n) is 2.47. The normalized spacial score (nSPS) is 20.4. The molecular formula is C10H14Cl2N2OS. The Bertz CT molecular complexity index is 369. The lowest BCUT2D eigenvalue weighted by atomic mass is 10.2. The third-order valence-corrected chi connectivity index (χ3v) is 3.80. The molecule has 0 saturated carbocycles. The van der Waals surface area contributed by atoms with Crippen LogP contribution < -0.4 is 5.32 Å². The molecule has 1 aliphatic rings. The van der Waals surface area contributed by atoms with Gasteiger partial charge in [0.05, 0.1) is 5.02 Å². The molecule has 0 aromatic carbocycles. The quantitative estimate of drug-likeness (QED) is 0.856. The van der Waals surface area contributed by atoms with Gasteiger partial charge in [0, 0.05) is 25.7 Å². The zero-order valence-electron chi connectivity index (χ0n) is 8.90. The van der Waals surface area contributed by atoms with Gasteiger partial charge in [0.15, 0.2) is 0 Å². The van der Waals surface area contributed by atoms with Crippen LogP contribution in [0.4, 0.5) is 0 Å². The lowest BCUT2D eigenvalue weighted by Crippen LogP contribution is -2.51. The van der Waals surface area contributed by atoms with Gasteiger partial charge in [-0.05, 0) is 18.4 Å². The number of nitrogens with zero attached hydrogens (tertiary/aromatic N) is 1. The average Bonchev–Trinajstić information content (AvgIpc) is 2.63. The van der Waals surface area contributed by atoms with E-state index in [1.165, 1.54) is 11.3 Å². The summed E-state index contributed by atoms with van der Waals surface area (Å²) in [5.74, 6) is 0.0587. The zero-order chi connectivity index (χ0) is 10.8. The molecule has 16 heavy (non-hydrogen) atoms. The van der Waals surface area contributed by atoms with Crippen LogP contribution >= 0.6 is 35.3 Å². The highest BCUT2D eigenvalue weighted by molar-refractivity contribution is 7.12. The summed E-state index contributed by atoms with van der Waals surface area (Å²) < 4.78 is 0. The Labute approximate surface area is 110 Å². The second-order valence-electron chi connectivity index (χ2n) is 3.70. The predicted octanol–water partition coefficient (Wildman–Crippen LogP) is 2.26. The zero-order valence-corrected chi connectivity index (χ0v) is 11.3. The van der Waals surface area contributed by atoms with E-state index in [1.807, 2.05) is 10.3 Å². The topological polar surface area (TPSA) is 32.3 Å². The molecule has 0 bridgehead atoms. The summed E-state index contributed by atoms with van der Waals surface area (Å²) in [5, 5.41) is 5.72. The fourth-order valence-corrected chi connectivity index (χ4v) is 2.81. The van der Waals surface area contributed by atoms with Crippen molar-refractivity contribution < 1.29 is 4.79 Å². The van der Waals surface area contributed by atoms with Gasteiger partial charge in [0.25, 0.3) is 5.91 Å². The molecule has 0 radical (unpaired) electrons. The van der Waals surface area contributed by atoms with Gasteiger partial charge in [-0.2, -0.15) is 0 Å². The largest absolute Gasteiger partial charge is 0.335 e. The highest BCUT2D eigenvalue weighted by atomic mass is 35.5. The van der Waals surface area contributed by atoms with Crippen LogP contribution in [0.1, 0.15) is 16.6 Å². The molecule has 3 nitrogen and oxygen atoms in total. The van der Waals surface area contributed by atoms with Crippen LogP contribution in [0.2, 0.25) is 5.02 Å². The standard InChI is InChI=1S/C10H13ClN2OS.ClH/c1-7-6-13(4-3-12-7)10(14)9-8(11)2-5-15-9;/h2,5,7,12H,3-4,6H2,1H3;1H. The van der Waals surface area contributed by atoms with Gasteiger partial charge >= 0.3 is 0 Å². The van der Waals surface area contributed by atoms with Crippen LogP contribution in [-0.4, -0.2) is 36.5 Å². The van der Waals surface area contributed by atoms with Crippen molar-refractivity contribution in [2.75, 3.05) is 19.6 Å². The molecule has 1 aromatic heterocycles. The first-order chi connectivity index (χ1) is 7.18. The van der Waals surface area contributed by atoms with E-state index in [0.29, 0.717) is 15.9 Å². The minimum Gasteiger partial charge on any atom is -0.335 e. The second-order valence-corrected chi connectivity index (χ2v) is 5.03. The number of carbonyl (C=O) groups excluding carboxylic acids is 1. The van der Waals surface area contributed by atoms with E-state index in [4.69, 9.17) is 11.6 Å². The summed E-state index contributed by atoms with van der Waals surface area (Å²) in [5.41, 5.74) is 0. The molecular weight excluding hydrogens is 267 g/mol. The number of piperazine rings is 1. The van der Waals surface area contributed by atoms with Crippen LogP contribution in [0.25, 0.3) is 0 Å². The Morgan fingerprint density at radius 2 is 2.44 bits per heavy atom. The molecule has 0 spiro atoms. The molecule has 1 unspecified atom stereocenters. The number of rotatable bonds is 1. The van der Waals surface area contributed by atoms with E-state index in [0.717, 1.165) is 19.6 Å². The van der Waals surface area contributed by atoms with E-state index in [9.17, 15) is 4.79 Å². The predicted molar refractivity (Wildman–Crippen MR) is 69.9 cm³/mol. The second kappa shape index (κ2) is 5.87. The number of nitrogens with one attached hydrogen (secondary N) is 1. The summed E-state index contributed by atoms with van der Waals surface area (Å²) in [6, 6.07) is 2.13. The van der Waals surface area contributed by atoms with E-state index in [2.05, 4.69) is 12.2 Å². The minimum absolute atomic E-state index is 0. The van der Waals surface area contributed by atoms with E-state index >= 15 is 0 Å². The third kappa shape index (κ3) is 2.88. The molecule has 1 N–H and O–H groups in total. The first-order valence-corrected chi connectivity index (χ1v) is 6.20. The highest BCUT2D eigenvalue weighted by Crippen LogP contribution is 2.23. The summed E-state index contributed by atoms with van der Waals surface area (Å²) >= 11 is 7.35. The molecule has 2 rings (SSSR count). The molecule has 1 atom stereocenters. The SMILES string of the molecule is CC1CN(C(=O)c2sccc2Cl)CCN1.Cl. The van der Waals surface area contributed by atoms with Gasteiger partial charge < -0.3 is 10.2 Å². The first kappa shape index (κ1) is 13.8. The van der Waals surface area contributed by atoms with Crippen LogP contribution in [0, 0.1) is 0 Å². The molecule has 1 aromatic rings.